The molecule has 0 N–H and O–H groups in total. The molecular formula is C24H48NO2+. The van der Waals surface area contributed by atoms with E-state index in [1.807, 2.05) is 14.1 Å². The smallest absolute Gasteiger partial charge is 0.272 e. The Morgan fingerprint density at radius 2 is 1.22 bits per heavy atom. The van der Waals surface area contributed by atoms with E-state index < -0.39 is 0 Å². The summed E-state index contributed by atoms with van der Waals surface area (Å²) in [6.07, 6.45) is 20.1. The molecule has 1 unspecified atom stereocenters. The van der Waals surface area contributed by atoms with Crippen LogP contribution in [0.5, 0.6) is 0 Å². The maximum absolute atomic E-state index is 11.8. The zero-order chi connectivity index (χ0) is 20.5. The highest BCUT2D eigenvalue weighted by Gasteiger charge is 2.31. The molecular weight excluding hydrogens is 334 g/mol. The largest absolute Gasteiger partial charge is 0.392 e. The summed E-state index contributed by atoms with van der Waals surface area (Å²) in [6.45, 7) is 9.84. The summed E-state index contributed by atoms with van der Waals surface area (Å²) in [5, 5.41) is 0. The summed E-state index contributed by atoms with van der Waals surface area (Å²) >= 11 is 0. The van der Waals surface area contributed by atoms with Crippen molar-refractivity contribution in [1.82, 2.24) is 0 Å². The van der Waals surface area contributed by atoms with E-state index in [4.69, 9.17) is 4.84 Å². The molecule has 0 aliphatic heterocycles. The molecule has 0 aliphatic rings. The zero-order valence-corrected chi connectivity index (χ0v) is 19.2. The molecule has 0 aromatic heterocycles. The Bertz CT molecular complexity index is 390. The Morgan fingerprint density at radius 1 is 0.815 bits per heavy atom. The highest BCUT2D eigenvalue weighted by Crippen LogP contribution is 2.20. The lowest BCUT2D eigenvalue weighted by Gasteiger charge is -2.33. The quantitative estimate of drug-likeness (QED) is 0.107. The van der Waals surface area contributed by atoms with Gasteiger partial charge in [-0.15, -0.1) is 4.65 Å². The predicted molar refractivity (Wildman–Crippen MR) is 117 cm³/mol. The van der Waals surface area contributed by atoms with Gasteiger partial charge in [-0.3, -0.25) is 4.84 Å². The fraction of sp³-hybridized carbons (Fsp3) is 0.875. The fourth-order valence-corrected chi connectivity index (χ4v) is 3.72. The van der Waals surface area contributed by atoms with Gasteiger partial charge in [0.05, 0.1) is 0 Å². The van der Waals surface area contributed by atoms with Crippen LogP contribution in [0.3, 0.4) is 0 Å². The van der Waals surface area contributed by atoms with Gasteiger partial charge in [-0.25, -0.2) is 4.79 Å². The average molecular weight is 383 g/mol. The molecule has 3 nitrogen and oxygen atoms in total. The highest BCUT2D eigenvalue weighted by atomic mass is 16.7. The maximum Gasteiger partial charge on any atom is 0.392 e. The topological polar surface area (TPSA) is 26.3 Å². The van der Waals surface area contributed by atoms with Crippen molar-refractivity contribution in [3.05, 3.63) is 12.2 Å². The van der Waals surface area contributed by atoms with Crippen molar-refractivity contribution < 1.29 is 14.3 Å². The fourth-order valence-electron chi connectivity index (χ4n) is 3.72. The van der Waals surface area contributed by atoms with Crippen LogP contribution >= 0.6 is 0 Å². The summed E-state index contributed by atoms with van der Waals surface area (Å²) in [4.78, 5) is 17.4. The zero-order valence-electron chi connectivity index (χ0n) is 19.2. The second-order valence-corrected chi connectivity index (χ2v) is 8.69. The summed E-state index contributed by atoms with van der Waals surface area (Å²) in [6, 6.07) is 0.362. The van der Waals surface area contributed by atoms with Crippen LogP contribution in [0.2, 0.25) is 0 Å². The summed E-state index contributed by atoms with van der Waals surface area (Å²) in [5.41, 5.74) is 0.469. The molecule has 1 atom stereocenters. The van der Waals surface area contributed by atoms with E-state index in [-0.39, 0.29) is 5.97 Å². The second-order valence-electron chi connectivity index (χ2n) is 8.69. The van der Waals surface area contributed by atoms with E-state index in [1.54, 1.807) is 6.92 Å². The summed E-state index contributed by atoms with van der Waals surface area (Å²) < 4.78 is 0.306. The predicted octanol–water partition coefficient (Wildman–Crippen LogP) is 7.36. The molecule has 0 saturated heterocycles. The minimum Gasteiger partial charge on any atom is -0.272 e. The molecule has 0 bridgehead atoms. The number of nitrogens with zero attached hydrogens (tertiary/aromatic N) is 1. The number of carbonyl (C=O) groups is 1. The second kappa shape index (κ2) is 16.2. The third kappa shape index (κ3) is 13.9. The van der Waals surface area contributed by atoms with E-state index in [9.17, 15) is 4.79 Å². The van der Waals surface area contributed by atoms with Gasteiger partial charge in [0.2, 0.25) is 0 Å². The number of hydroxylamine groups is 3. The van der Waals surface area contributed by atoms with E-state index in [2.05, 4.69) is 20.4 Å². The van der Waals surface area contributed by atoms with Gasteiger partial charge < -0.3 is 0 Å². The van der Waals surface area contributed by atoms with Crippen LogP contribution in [-0.4, -0.2) is 30.8 Å². The summed E-state index contributed by atoms with van der Waals surface area (Å²) in [7, 11) is 3.97. The monoisotopic (exact) mass is 382 g/mol. The number of hydrogen-bond donors (Lipinski definition) is 0. The molecule has 0 aliphatic carbocycles. The van der Waals surface area contributed by atoms with Gasteiger partial charge in [-0.2, -0.15) is 0 Å². The first-order valence-electron chi connectivity index (χ1n) is 11.6. The Balaban J connectivity index is 3.69. The number of unbranched alkanes of at least 4 members (excludes halogenated alkanes) is 12. The molecule has 0 aromatic rings. The molecule has 0 aromatic carbocycles. The van der Waals surface area contributed by atoms with Gasteiger partial charge >= 0.3 is 5.97 Å². The van der Waals surface area contributed by atoms with Crippen molar-refractivity contribution in [1.29, 1.82) is 0 Å². The minimum atomic E-state index is -0.288. The molecule has 0 amide bonds. The van der Waals surface area contributed by atoms with E-state index >= 15 is 0 Å². The van der Waals surface area contributed by atoms with E-state index in [0.717, 1.165) is 12.8 Å². The van der Waals surface area contributed by atoms with Gasteiger partial charge in [0.25, 0.3) is 0 Å². The molecule has 3 heteroatoms. The number of hydrogen-bond acceptors (Lipinski definition) is 2. The van der Waals surface area contributed by atoms with Crippen molar-refractivity contribution in [2.24, 2.45) is 0 Å². The van der Waals surface area contributed by atoms with E-state index in [0.29, 0.717) is 16.3 Å². The van der Waals surface area contributed by atoms with Crippen LogP contribution in [0.15, 0.2) is 12.2 Å². The average Bonchev–Trinajstić information content (AvgIpc) is 2.61. The van der Waals surface area contributed by atoms with Gasteiger partial charge in [-0.1, -0.05) is 97.5 Å². The van der Waals surface area contributed by atoms with Crippen molar-refractivity contribution >= 4 is 5.97 Å². The van der Waals surface area contributed by atoms with Crippen LogP contribution < -0.4 is 0 Å². The lowest BCUT2D eigenvalue weighted by molar-refractivity contribution is -1.08. The number of carbonyl (C=O) groups excluding carboxylic acids is 1. The van der Waals surface area contributed by atoms with Crippen molar-refractivity contribution in [2.75, 3.05) is 14.1 Å². The molecule has 0 rings (SSSR count). The van der Waals surface area contributed by atoms with Gasteiger partial charge in [0.1, 0.15) is 20.1 Å². The van der Waals surface area contributed by atoms with Gasteiger partial charge in [0, 0.05) is 18.4 Å². The van der Waals surface area contributed by atoms with Crippen LogP contribution in [0, 0.1) is 0 Å². The Morgan fingerprint density at radius 3 is 1.59 bits per heavy atom. The first kappa shape index (κ1) is 26.2. The molecule has 0 fully saturated rings. The third-order valence-electron chi connectivity index (χ3n) is 5.66. The molecule has 0 radical (unpaired) electrons. The number of rotatable bonds is 18. The van der Waals surface area contributed by atoms with Crippen LogP contribution in [0.4, 0.5) is 0 Å². The Labute approximate surface area is 170 Å². The van der Waals surface area contributed by atoms with Gasteiger partial charge in [-0.05, 0) is 13.3 Å². The first-order chi connectivity index (χ1) is 12.8. The Hall–Kier alpha value is -0.830. The lowest BCUT2D eigenvalue weighted by Crippen LogP contribution is -2.49. The van der Waals surface area contributed by atoms with E-state index in [1.165, 1.54) is 83.5 Å². The lowest BCUT2D eigenvalue weighted by atomic mass is 10.0. The molecule has 0 saturated carbocycles. The van der Waals surface area contributed by atoms with Crippen LogP contribution in [0.1, 0.15) is 117 Å². The standard InChI is InChI=1S/C24H48NO2/c1-7-9-10-11-12-13-14-15-16-17-18-19-20-21-23(8-2)25(5,6)27-24(26)22(3)4/h23H,3,7-21H2,1-2,4-6H3/q+1. The third-order valence-corrected chi connectivity index (χ3v) is 5.66. The van der Waals surface area contributed by atoms with Crippen molar-refractivity contribution in [3.63, 3.8) is 0 Å². The SMILES string of the molecule is C=C(C)C(=O)O[N+](C)(C)C(CC)CCCCCCCCCCCCCCC. The highest BCUT2D eigenvalue weighted by molar-refractivity contribution is 5.86. The molecule has 160 valence electrons. The first-order valence-corrected chi connectivity index (χ1v) is 11.6. The van der Waals surface area contributed by atoms with Crippen LogP contribution in [0.25, 0.3) is 0 Å². The molecule has 27 heavy (non-hydrogen) atoms. The normalized spacial score (nSPS) is 12.8. The molecule has 0 spiro atoms. The minimum absolute atomic E-state index is 0.288. The van der Waals surface area contributed by atoms with Gasteiger partial charge in [0.15, 0.2) is 0 Å². The Kier molecular flexibility index (Phi) is 15.7. The summed E-state index contributed by atoms with van der Waals surface area (Å²) in [5.74, 6) is -0.288. The maximum atomic E-state index is 11.8. The van der Waals surface area contributed by atoms with Crippen LogP contribution in [-0.2, 0) is 9.63 Å². The van der Waals surface area contributed by atoms with Crippen molar-refractivity contribution in [2.45, 2.75) is 123 Å². The molecule has 0 heterocycles. The number of quaternary nitrogens is 1. The van der Waals surface area contributed by atoms with Crippen molar-refractivity contribution in [3.8, 4) is 0 Å².